The molecule has 180 valence electrons. The number of rotatable bonds is 7. The molecule has 1 aliphatic rings. The molecule has 0 radical (unpaired) electrons. The van der Waals surface area contributed by atoms with E-state index in [0.717, 1.165) is 16.0 Å². The lowest BCUT2D eigenvalue weighted by molar-refractivity contribution is -0.114. The van der Waals surface area contributed by atoms with Crippen LogP contribution < -0.4 is 19.7 Å². The summed E-state index contributed by atoms with van der Waals surface area (Å²) in [7, 11) is 4.87. The molecule has 0 saturated carbocycles. The summed E-state index contributed by atoms with van der Waals surface area (Å²) in [5.41, 5.74) is 3.13. The van der Waals surface area contributed by atoms with Gasteiger partial charge >= 0.3 is 0 Å². The fourth-order valence-electron chi connectivity index (χ4n) is 3.70. The molecule has 3 aromatic rings. The van der Waals surface area contributed by atoms with E-state index in [-0.39, 0.29) is 11.8 Å². The molecule has 0 saturated heterocycles. The quantitative estimate of drug-likeness (QED) is 0.430. The molecule has 0 atom stereocenters. The molecule has 0 spiro atoms. The number of halogens is 1. The van der Waals surface area contributed by atoms with Crippen LogP contribution in [0.15, 0.2) is 70.5 Å². The Bertz CT molecular complexity index is 1290. The number of hydrogen-bond donors (Lipinski definition) is 1. The second-order valence-electron chi connectivity index (χ2n) is 7.90. The van der Waals surface area contributed by atoms with Gasteiger partial charge in [0.2, 0.25) is 0 Å². The first-order valence-electron chi connectivity index (χ1n) is 11.0. The Labute approximate surface area is 213 Å². The van der Waals surface area contributed by atoms with Crippen molar-refractivity contribution < 1.29 is 19.1 Å². The first-order valence-corrected chi connectivity index (χ1v) is 12.2. The molecule has 1 N–H and O–H groups in total. The summed E-state index contributed by atoms with van der Waals surface area (Å²) in [6, 6.07) is 18.5. The van der Waals surface area contributed by atoms with Crippen LogP contribution in [0, 0.1) is 0 Å². The molecular weight excluding hydrogens is 484 g/mol. The average Bonchev–Trinajstić information content (AvgIpc) is 2.88. The third kappa shape index (κ3) is 5.63. The number of nitrogens with zero attached hydrogens (tertiary/aromatic N) is 1. The summed E-state index contributed by atoms with van der Waals surface area (Å²) in [5.74, 6) is 0.895. The molecule has 8 heteroatoms. The predicted octanol–water partition coefficient (Wildman–Crippen LogP) is 5.44. The average molecular weight is 509 g/mol. The molecule has 2 amide bonds. The van der Waals surface area contributed by atoms with E-state index in [4.69, 9.17) is 21.1 Å². The minimum atomic E-state index is -0.181. The fourth-order valence-corrected chi connectivity index (χ4v) is 4.92. The third-order valence-electron chi connectivity index (χ3n) is 5.64. The van der Waals surface area contributed by atoms with Crippen molar-refractivity contribution in [3.05, 3.63) is 87.3 Å². The van der Waals surface area contributed by atoms with Gasteiger partial charge in [0.25, 0.3) is 11.8 Å². The van der Waals surface area contributed by atoms with Gasteiger partial charge in [-0.3, -0.25) is 9.59 Å². The molecule has 0 aliphatic carbocycles. The van der Waals surface area contributed by atoms with Crippen molar-refractivity contribution in [2.24, 2.45) is 0 Å². The topological polar surface area (TPSA) is 67.9 Å². The van der Waals surface area contributed by atoms with Crippen LogP contribution in [0.5, 0.6) is 11.5 Å². The Morgan fingerprint density at radius 2 is 1.77 bits per heavy atom. The molecule has 0 bridgehead atoms. The fraction of sp³-hybridized carbons (Fsp3) is 0.185. The smallest absolute Gasteiger partial charge is 0.264 e. The van der Waals surface area contributed by atoms with Crippen LogP contribution in [-0.4, -0.2) is 39.6 Å². The first-order chi connectivity index (χ1) is 16.9. The first kappa shape index (κ1) is 24.7. The number of methoxy groups -OCH3 is 2. The van der Waals surface area contributed by atoms with Gasteiger partial charge in [0.05, 0.1) is 24.8 Å². The van der Waals surface area contributed by atoms with Crippen molar-refractivity contribution in [2.45, 2.75) is 11.3 Å². The molecule has 4 rings (SSSR count). The van der Waals surface area contributed by atoms with Gasteiger partial charge in [-0.25, -0.2) is 0 Å². The monoisotopic (exact) mass is 508 g/mol. The van der Waals surface area contributed by atoms with Crippen molar-refractivity contribution >= 4 is 46.9 Å². The highest BCUT2D eigenvalue weighted by atomic mass is 35.5. The molecule has 0 unspecified atom stereocenters. The summed E-state index contributed by atoms with van der Waals surface area (Å²) < 4.78 is 10.6. The number of thioether (sulfide) groups is 1. The summed E-state index contributed by atoms with van der Waals surface area (Å²) in [5, 5.41) is 3.63. The van der Waals surface area contributed by atoms with Crippen LogP contribution in [0.3, 0.4) is 0 Å². The van der Waals surface area contributed by atoms with Gasteiger partial charge in [-0.2, -0.15) is 0 Å². The number of hydrogen-bond acceptors (Lipinski definition) is 5. The Morgan fingerprint density at radius 1 is 1.03 bits per heavy atom. The standard InChI is InChI=1S/C27H25ClN2O4S/c1-30-21-16-19(26(31)29-13-12-17-4-8-20(28)9-5-17)7-11-24(21)35-25(27(30)32)15-18-6-10-22(33-2)23(14-18)34-3/h4-11,14-16H,12-13H2,1-3H3,(H,29,31). The third-order valence-corrected chi connectivity index (χ3v) is 6.97. The van der Waals surface area contributed by atoms with Gasteiger partial charge in [0.15, 0.2) is 11.5 Å². The highest BCUT2D eigenvalue weighted by Gasteiger charge is 2.27. The van der Waals surface area contributed by atoms with E-state index in [9.17, 15) is 9.59 Å². The van der Waals surface area contributed by atoms with Crippen LogP contribution in [0.1, 0.15) is 21.5 Å². The molecule has 1 aliphatic heterocycles. The van der Waals surface area contributed by atoms with Crippen LogP contribution in [-0.2, 0) is 11.2 Å². The van der Waals surface area contributed by atoms with Gasteiger partial charge in [-0.15, -0.1) is 0 Å². The number of nitrogens with one attached hydrogen (secondary N) is 1. The van der Waals surface area contributed by atoms with E-state index in [1.165, 1.54) is 11.8 Å². The van der Waals surface area contributed by atoms with Crippen molar-refractivity contribution in [3.63, 3.8) is 0 Å². The zero-order chi connectivity index (χ0) is 24.9. The van der Waals surface area contributed by atoms with Gasteiger partial charge in [-0.05, 0) is 66.1 Å². The molecule has 35 heavy (non-hydrogen) atoms. The second-order valence-corrected chi connectivity index (χ2v) is 9.42. The summed E-state index contributed by atoms with van der Waals surface area (Å²) in [4.78, 5) is 28.8. The van der Waals surface area contributed by atoms with E-state index in [1.807, 2.05) is 48.5 Å². The maximum absolute atomic E-state index is 13.1. The lowest BCUT2D eigenvalue weighted by Gasteiger charge is -2.27. The number of benzene rings is 3. The number of ether oxygens (including phenoxy) is 2. The highest BCUT2D eigenvalue weighted by Crippen LogP contribution is 2.42. The SMILES string of the molecule is COc1ccc(C=C2Sc3ccc(C(=O)NCCc4ccc(Cl)cc4)cc3N(C)C2=O)cc1OC. The van der Waals surface area contributed by atoms with Crippen LogP contribution in [0.4, 0.5) is 5.69 Å². The van der Waals surface area contributed by atoms with E-state index >= 15 is 0 Å². The summed E-state index contributed by atoms with van der Waals surface area (Å²) in [6.45, 7) is 0.499. The highest BCUT2D eigenvalue weighted by molar-refractivity contribution is 8.04. The van der Waals surface area contributed by atoms with Gasteiger partial charge < -0.3 is 19.7 Å². The van der Waals surface area contributed by atoms with Crippen LogP contribution >= 0.6 is 23.4 Å². The van der Waals surface area contributed by atoms with E-state index in [1.54, 1.807) is 44.4 Å². The summed E-state index contributed by atoms with van der Waals surface area (Å²) in [6.07, 6.45) is 2.53. The molecule has 1 heterocycles. The van der Waals surface area contributed by atoms with Gasteiger partial charge in [0.1, 0.15) is 0 Å². The number of anilines is 1. The molecule has 0 fully saturated rings. The minimum absolute atomic E-state index is 0.141. The second kappa shape index (κ2) is 10.9. The number of fused-ring (bicyclic) bond motifs is 1. The molecule has 6 nitrogen and oxygen atoms in total. The van der Waals surface area contributed by atoms with Crippen molar-refractivity contribution in [2.75, 3.05) is 32.7 Å². The van der Waals surface area contributed by atoms with Crippen molar-refractivity contribution in [1.29, 1.82) is 0 Å². The molecule has 3 aromatic carbocycles. The number of carbonyl (C=O) groups excluding carboxylic acids is 2. The predicted molar refractivity (Wildman–Crippen MR) is 141 cm³/mol. The van der Waals surface area contributed by atoms with E-state index < -0.39 is 0 Å². The van der Waals surface area contributed by atoms with Crippen LogP contribution in [0.2, 0.25) is 5.02 Å². The normalized spacial score (nSPS) is 14.0. The Morgan fingerprint density at radius 3 is 2.49 bits per heavy atom. The van der Waals surface area contributed by atoms with Crippen molar-refractivity contribution in [1.82, 2.24) is 5.32 Å². The summed E-state index contributed by atoms with van der Waals surface area (Å²) >= 11 is 7.30. The van der Waals surface area contributed by atoms with Crippen LogP contribution in [0.25, 0.3) is 6.08 Å². The zero-order valence-electron chi connectivity index (χ0n) is 19.6. The minimum Gasteiger partial charge on any atom is -0.493 e. The van der Waals surface area contributed by atoms with Gasteiger partial charge in [-0.1, -0.05) is 41.6 Å². The molecular formula is C27H25ClN2O4S. The number of amides is 2. The zero-order valence-corrected chi connectivity index (χ0v) is 21.2. The Hall–Kier alpha value is -3.42. The lowest BCUT2D eigenvalue weighted by atomic mass is 10.1. The van der Waals surface area contributed by atoms with Gasteiger partial charge in [0, 0.05) is 29.1 Å². The number of likely N-dealkylation sites (N-methyl/N-ethyl adjacent to an activating group) is 1. The maximum atomic E-state index is 13.1. The largest absolute Gasteiger partial charge is 0.493 e. The van der Waals surface area contributed by atoms with E-state index in [0.29, 0.717) is 45.6 Å². The number of carbonyl (C=O) groups is 2. The van der Waals surface area contributed by atoms with E-state index in [2.05, 4.69) is 5.32 Å². The van der Waals surface area contributed by atoms with Crippen molar-refractivity contribution in [3.8, 4) is 11.5 Å². The maximum Gasteiger partial charge on any atom is 0.264 e. The Balaban J connectivity index is 1.48. The molecule has 0 aromatic heterocycles. The Kier molecular flexibility index (Phi) is 7.68. The lowest BCUT2D eigenvalue weighted by Crippen LogP contribution is -2.31.